The minimum atomic E-state index is 0.175. The van der Waals surface area contributed by atoms with Crippen molar-refractivity contribution in [2.24, 2.45) is 7.05 Å². The predicted octanol–water partition coefficient (Wildman–Crippen LogP) is 3.81. The highest BCUT2D eigenvalue weighted by atomic mass is 16.2. The topological polar surface area (TPSA) is 38.1 Å². The number of fused-ring (bicyclic) bond motifs is 1. The molecule has 1 aliphatic heterocycles. The zero-order valence-corrected chi connectivity index (χ0v) is 14.6. The van der Waals surface area contributed by atoms with Gasteiger partial charge < -0.3 is 9.47 Å². The number of hydrogen-bond acceptors (Lipinski definition) is 2. The SMILES string of the molecule is Cn1cc(C(=O)N2CCC[C@@H]2CCc2ccncc2)c2ccccc21. The summed E-state index contributed by atoms with van der Waals surface area (Å²) in [5.41, 5.74) is 3.23. The highest BCUT2D eigenvalue weighted by Gasteiger charge is 2.30. The summed E-state index contributed by atoms with van der Waals surface area (Å²) in [6, 6.07) is 12.6. The van der Waals surface area contributed by atoms with Crippen LogP contribution in [0.15, 0.2) is 55.0 Å². The summed E-state index contributed by atoms with van der Waals surface area (Å²) < 4.78 is 2.05. The maximum Gasteiger partial charge on any atom is 0.256 e. The maximum atomic E-state index is 13.2. The lowest BCUT2D eigenvalue weighted by Gasteiger charge is -2.24. The molecule has 0 bridgehead atoms. The first-order valence-corrected chi connectivity index (χ1v) is 8.98. The Morgan fingerprint density at radius 1 is 1.20 bits per heavy atom. The molecule has 4 nitrogen and oxygen atoms in total. The summed E-state index contributed by atoms with van der Waals surface area (Å²) in [7, 11) is 2.00. The molecule has 4 rings (SSSR count). The van der Waals surface area contributed by atoms with Crippen LogP contribution in [0.2, 0.25) is 0 Å². The zero-order chi connectivity index (χ0) is 17.2. The number of amides is 1. The molecule has 4 heteroatoms. The number of carbonyl (C=O) groups excluding carboxylic acids is 1. The molecule has 0 N–H and O–H groups in total. The van der Waals surface area contributed by atoms with Gasteiger partial charge in [0.15, 0.2) is 0 Å². The van der Waals surface area contributed by atoms with Crippen LogP contribution in [0.3, 0.4) is 0 Å². The Balaban J connectivity index is 1.54. The van der Waals surface area contributed by atoms with E-state index in [9.17, 15) is 4.79 Å². The van der Waals surface area contributed by atoms with Gasteiger partial charge in [-0.3, -0.25) is 9.78 Å². The van der Waals surface area contributed by atoms with Crippen LogP contribution in [0.5, 0.6) is 0 Å². The standard InChI is InChI=1S/C21H23N3O/c1-23-15-19(18-6-2-3-7-20(18)23)21(25)24-14-4-5-17(24)9-8-16-10-12-22-13-11-16/h2-3,6-7,10-13,15,17H,4-5,8-9,14H2,1H3/t17-/m1/s1. The first kappa shape index (κ1) is 15.9. The van der Waals surface area contributed by atoms with Crippen LogP contribution in [0.25, 0.3) is 10.9 Å². The van der Waals surface area contributed by atoms with Crippen molar-refractivity contribution < 1.29 is 4.79 Å². The van der Waals surface area contributed by atoms with Crippen molar-refractivity contribution in [3.05, 3.63) is 66.1 Å². The first-order valence-electron chi connectivity index (χ1n) is 8.98. The number of likely N-dealkylation sites (tertiary alicyclic amines) is 1. The number of aromatic nitrogens is 2. The molecule has 1 amide bonds. The molecule has 0 unspecified atom stereocenters. The largest absolute Gasteiger partial charge is 0.350 e. The van der Waals surface area contributed by atoms with Gasteiger partial charge in [-0.15, -0.1) is 0 Å². The third-order valence-electron chi connectivity index (χ3n) is 5.28. The highest BCUT2D eigenvalue weighted by molar-refractivity contribution is 6.07. The summed E-state index contributed by atoms with van der Waals surface area (Å²) in [5, 5.41) is 1.05. The summed E-state index contributed by atoms with van der Waals surface area (Å²) in [4.78, 5) is 19.4. The number of pyridine rings is 1. The lowest BCUT2D eigenvalue weighted by molar-refractivity contribution is 0.0732. The molecular formula is C21H23N3O. The predicted molar refractivity (Wildman–Crippen MR) is 99.5 cm³/mol. The van der Waals surface area contributed by atoms with Gasteiger partial charge in [-0.2, -0.15) is 0 Å². The normalized spacial score (nSPS) is 17.3. The maximum absolute atomic E-state index is 13.2. The molecule has 3 aromatic rings. The fourth-order valence-corrected chi connectivity index (χ4v) is 3.95. The van der Waals surface area contributed by atoms with E-state index in [1.165, 1.54) is 5.56 Å². The van der Waals surface area contributed by atoms with Gasteiger partial charge in [0.2, 0.25) is 0 Å². The average molecular weight is 333 g/mol. The van der Waals surface area contributed by atoms with Gasteiger partial charge in [0.05, 0.1) is 5.56 Å². The molecule has 1 fully saturated rings. The van der Waals surface area contributed by atoms with Crippen LogP contribution in [-0.4, -0.2) is 32.9 Å². The van der Waals surface area contributed by atoms with Crippen molar-refractivity contribution in [2.45, 2.75) is 31.7 Å². The number of nitrogens with zero attached hydrogens (tertiary/aromatic N) is 3. The minimum absolute atomic E-state index is 0.175. The molecule has 0 aliphatic carbocycles. The summed E-state index contributed by atoms with van der Waals surface area (Å²) in [6.07, 6.45) is 9.85. The smallest absolute Gasteiger partial charge is 0.256 e. The molecule has 0 saturated carbocycles. The second kappa shape index (κ2) is 6.71. The van der Waals surface area contributed by atoms with Crippen LogP contribution in [0.1, 0.15) is 35.2 Å². The summed E-state index contributed by atoms with van der Waals surface area (Å²) in [5.74, 6) is 0.175. The van der Waals surface area contributed by atoms with E-state index in [0.29, 0.717) is 6.04 Å². The van der Waals surface area contributed by atoms with Gasteiger partial charge in [-0.05, 0) is 49.4 Å². The molecule has 0 spiro atoms. The summed E-state index contributed by atoms with van der Waals surface area (Å²) in [6.45, 7) is 0.864. The third kappa shape index (κ3) is 3.04. The molecule has 1 atom stereocenters. The molecule has 3 heterocycles. The van der Waals surface area contributed by atoms with E-state index in [0.717, 1.165) is 48.7 Å². The van der Waals surface area contributed by atoms with E-state index in [2.05, 4.69) is 28.1 Å². The van der Waals surface area contributed by atoms with Gasteiger partial charge in [0.25, 0.3) is 5.91 Å². The molecule has 0 radical (unpaired) electrons. The van der Waals surface area contributed by atoms with Crippen molar-refractivity contribution in [1.82, 2.24) is 14.5 Å². The number of aryl methyl sites for hydroxylation is 2. The summed E-state index contributed by atoms with van der Waals surface area (Å²) >= 11 is 0. The second-order valence-electron chi connectivity index (χ2n) is 6.86. The number of para-hydroxylation sites is 1. The number of benzene rings is 1. The van der Waals surface area contributed by atoms with Gasteiger partial charge >= 0.3 is 0 Å². The third-order valence-corrected chi connectivity index (χ3v) is 5.28. The zero-order valence-electron chi connectivity index (χ0n) is 14.6. The molecule has 1 aromatic carbocycles. The monoisotopic (exact) mass is 333 g/mol. The van der Waals surface area contributed by atoms with E-state index in [1.54, 1.807) is 0 Å². The number of rotatable bonds is 4. The Kier molecular flexibility index (Phi) is 4.26. The fourth-order valence-electron chi connectivity index (χ4n) is 3.95. The first-order chi connectivity index (χ1) is 12.2. The molecular weight excluding hydrogens is 310 g/mol. The Morgan fingerprint density at radius 2 is 2.00 bits per heavy atom. The molecule has 1 aliphatic rings. The van der Waals surface area contributed by atoms with Crippen LogP contribution in [0, 0.1) is 0 Å². The Morgan fingerprint density at radius 3 is 2.84 bits per heavy atom. The van der Waals surface area contributed by atoms with Gasteiger partial charge in [0.1, 0.15) is 0 Å². The molecule has 25 heavy (non-hydrogen) atoms. The quantitative estimate of drug-likeness (QED) is 0.728. The van der Waals surface area contributed by atoms with Crippen molar-refractivity contribution in [3.8, 4) is 0 Å². The van der Waals surface area contributed by atoms with Crippen molar-refractivity contribution in [2.75, 3.05) is 6.54 Å². The molecule has 1 saturated heterocycles. The van der Waals surface area contributed by atoms with Gasteiger partial charge in [0, 0.05) is 49.1 Å². The van der Waals surface area contributed by atoms with Crippen molar-refractivity contribution >= 4 is 16.8 Å². The average Bonchev–Trinajstić information content (AvgIpc) is 3.25. The second-order valence-corrected chi connectivity index (χ2v) is 6.86. The lowest BCUT2D eigenvalue weighted by atomic mass is 10.0. The Labute approximate surface area is 148 Å². The van der Waals surface area contributed by atoms with E-state index < -0.39 is 0 Å². The fraction of sp³-hybridized carbons (Fsp3) is 0.333. The minimum Gasteiger partial charge on any atom is -0.350 e. The van der Waals surface area contributed by atoms with Crippen molar-refractivity contribution in [3.63, 3.8) is 0 Å². The van der Waals surface area contributed by atoms with E-state index in [1.807, 2.05) is 48.4 Å². The van der Waals surface area contributed by atoms with Crippen LogP contribution in [0.4, 0.5) is 0 Å². The van der Waals surface area contributed by atoms with E-state index in [4.69, 9.17) is 0 Å². The van der Waals surface area contributed by atoms with Gasteiger partial charge in [-0.25, -0.2) is 0 Å². The molecule has 2 aromatic heterocycles. The highest BCUT2D eigenvalue weighted by Crippen LogP contribution is 2.27. The van der Waals surface area contributed by atoms with E-state index >= 15 is 0 Å². The van der Waals surface area contributed by atoms with Crippen LogP contribution in [-0.2, 0) is 13.5 Å². The van der Waals surface area contributed by atoms with Crippen LogP contribution < -0.4 is 0 Å². The van der Waals surface area contributed by atoms with Crippen LogP contribution >= 0.6 is 0 Å². The van der Waals surface area contributed by atoms with Gasteiger partial charge in [-0.1, -0.05) is 18.2 Å². The lowest BCUT2D eigenvalue weighted by Crippen LogP contribution is -2.35. The number of carbonyl (C=O) groups is 1. The Hall–Kier alpha value is -2.62. The Bertz CT molecular complexity index is 885. The molecule has 128 valence electrons. The van der Waals surface area contributed by atoms with E-state index in [-0.39, 0.29) is 5.91 Å². The van der Waals surface area contributed by atoms with Crippen molar-refractivity contribution in [1.29, 1.82) is 0 Å². The number of hydrogen-bond donors (Lipinski definition) is 0.